The fraction of sp³-hybridized carbons (Fsp3) is 0.286. The molecule has 0 radical (unpaired) electrons. The first kappa shape index (κ1) is 13.5. The van der Waals surface area contributed by atoms with E-state index >= 15 is 0 Å². The maximum atomic E-state index is 11.9. The molecule has 0 aliphatic heterocycles. The zero-order valence-corrected chi connectivity index (χ0v) is 10.6. The minimum Gasteiger partial charge on any atom is -0.378 e. The molecule has 19 heavy (non-hydrogen) atoms. The van der Waals surface area contributed by atoms with Crippen molar-refractivity contribution in [1.82, 2.24) is 10.3 Å². The molecule has 2 aromatic rings. The predicted molar refractivity (Wildman–Crippen MR) is 73.9 cm³/mol. The Morgan fingerprint density at radius 1 is 1.32 bits per heavy atom. The van der Waals surface area contributed by atoms with Crippen LogP contribution in [0.4, 0.5) is 0 Å². The summed E-state index contributed by atoms with van der Waals surface area (Å²) in [6.07, 6.45) is 1.73. The Labute approximate surface area is 111 Å². The molecule has 0 bridgehead atoms. The lowest BCUT2D eigenvalue weighted by Gasteiger charge is -2.06. The van der Waals surface area contributed by atoms with Crippen LogP contribution in [0.2, 0.25) is 0 Å². The van der Waals surface area contributed by atoms with E-state index in [2.05, 4.69) is 10.3 Å². The number of fused-ring (bicyclic) bond motifs is 1. The Balaban J connectivity index is 1.93. The number of aromatic nitrogens is 1. The lowest BCUT2D eigenvalue weighted by Crippen LogP contribution is -2.27. The highest BCUT2D eigenvalue weighted by Gasteiger charge is 2.05. The number of hydrogen-bond donors (Lipinski definition) is 2. The standard InChI is InChI=1S/C14H17N3O2/c15-5-8-19-9-7-17-14(18)12-3-4-13-11(10-12)2-1-6-16-13/h1-4,6,10H,5,7-9,15H2,(H,17,18). The molecule has 0 saturated carbocycles. The molecule has 1 aromatic carbocycles. The van der Waals surface area contributed by atoms with Gasteiger partial charge < -0.3 is 15.8 Å². The molecule has 0 saturated heterocycles. The van der Waals surface area contributed by atoms with Crippen molar-refractivity contribution >= 4 is 16.8 Å². The van der Waals surface area contributed by atoms with Gasteiger partial charge in [0.05, 0.1) is 18.7 Å². The normalized spacial score (nSPS) is 10.6. The summed E-state index contributed by atoms with van der Waals surface area (Å²) in [6.45, 7) is 1.95. The van der Waals surface area contributed by atoms with Gasteiger partial charge in [-0.1, -0.05) is 6.07 Å². The average molecular weight is 259 g/mol. The number of pyridine rings is 1. The zero-order chi connectivity index (χ0) is 13.5. The van der Waals surface area contributed by atoms with Crippen molar-refractivity contribution in [2.45, 2.75) is 0 Å². The Kier molecular flexibility index (Phi) is 4.83. The van der Waals surface area contributed by atoms with Gasteiger partial charge in [0.15, 0.2) is 0 Å². The van der Waals surface area contributed by atoms with Gasteiger partial charge in [0.25, 0.3) is 5.91 Å². The largest absolute Gasteiger partial charge is 0.378 e. The second kappa shape index (κ2) is 6.82. The quantitative estimate of drug-likeness (QED) is 0.757. The van der Waals surface area contributed by atoms with E-state index in [0.717, 1.165) is 10.9 Å². The van der Waals surface area contributed by atoms with Crippen LogP contribution in [0.3, 0.4) is 0 Å². The van der Waals surface area contributed by atoms with Crippen molar-refractivity contribution in [1.29, 1.82) is 0 Å². The summed E-state index contributed by atoms with van der Waals surface area (Å²) in [4.78, 5) is 16.1. The van der Waals surface area contributed by atoms with E-state index in [-0.39, 0.29) is 5.91 Å². The number of carbonyl (C=O) groups is 1. The molecule has 1 amide bonds. The number of hydrogen-bond acceptors (Lipinski definition) is 4. The first-order valence-corrected chi connectivity index (χ1v) is 6.22. The molecule has 3 N–H and O–H groups in total. The van der Waals surface area contributed by atoms with E-state index < -0.39 is 0 Å². The van der Waals surface area contributed by atoms with Crippen molar-refractivity contribution in [3.05, 3.63) is 42.1 Å². The lowest BCUT2D eigenvalue weighted by atomic mass is 10.1. The van der Waals surface area contributed by atoms with E-state index in [1.165, 1.54) is 0 Å². The molecular weight excluding hydrogens is 242 g/mol. The molecule has 0 aliphatic carbocycles. The molecule has 5 heteroatoms. The second-order valence-corrected chi connectivity index (χ2v) is 4.07. The van der Waals surface area contributed by atoms with E-state index in [1.807, 2.05) is 24.3 Å². The first-order valence-electron chi connectivity index (χ1n) is 6.22. The van der Waals surface area contributed by atoms with Crippen molar-refractivity contribution in [3.8, 4) is 0 Å². The fourth-order valence-electron chi connectivity index (χ4n) is 1.74. The molecule has 2 rings (SSSR count). The van der Waals surface area contributed by atoms with E-state index in [0.29, 0.717) is 31.9 Å². The summed E-state index contributed by atoms with van der Waals surface area (Å²) in [5, 5.41) is 3.75. The van der Waals surface area contributed by atoms with Crippen LogP contribution in [0.1, 0.15) is 10.4 Å². The number of nitrogens with two attached hydrogens (primary N) is 1. The van der Waals surface area contributed by atoms with Crippen LogP contribution in [0.5, 0.6) is 0 Å². The highest BCUT2D eigenvalue weighted by atomic mass is 16.5. The highest BCUT2D eigenvalue weighted by Crippen LogP contribution is 2.13. The summed E-state index contributed by atoms with van der Waals surface area (Å²) in [5.74, 6) is -0.109. The molecule has 1 aromatic heterocycles. The van der Waals surface area contributed by atoms with Gasteiger partial charge in [-0.3, -0.25) is 9.78 Å². The van der Waals surface area contributed by atoms with Crippen molar-refractivity contribution in [2.75, 3.05) is 26.3 Å². The number of rotatable bonds is 6. The monoisotopic (exact) mass is 259 g/mol. The summed E-state index contributed by atoms with van der Waals surface area (Å²) in [6, 6.07) is 9.23. The van der Waals surface area contributed by atoms with E-state index in [1.54, 1.807) is 12.3 Å². The van der Waals surface area contributed by atoms with Gasteiger partial charge in [0, 0.05) is 30.2 Å². The first-order chi connectivity index (χ1) is 9.31. The van der Waals surface area contributed by atoms with Gasteiger partial charge in [0.1, 0.15) is 0 Å². The van der Waals surface area contributed by atoms with Gasteiger partial charge in [-0.2, -0.15) is 0 Å². The Morgan fingerprint density at radius 3 is 3.05 bits per heavy atom. The van der Waals surface area contributed by atoms with Crippen molar-refractivity contribution in [2.24, 2.45) is 5.73 Å². The van der Waals surface area contributed by atoms with Gasteiger partial charge >= 0.3 is 0 Å². The number of amides is 1. The average Bonchev–Trinajstić information content (AvgIpc) is 2.46. The van der Waals surface area contributed by atoms with Crippen molar-refractivity contribution < 1.29 is 9.53 Å². The maximum absolute atomic E-state index is 11.9. The number of carbonyl (C=O) groups excluding carboxylic acids is 1. The van der Waals surface area contributed by atoms with Crippen molar-refractivity contribution in [3.63, 3.8) is 0 Å². The molecule has 0 spiro atoms. The second-order valence-electron chi connectivity index (χ2n) is 4.07. The summed E-state index contributed by atoms with van der Waals surface area (Å²) in [5.41, 5.74) is 6.80. The fourth-order valence-corrected chi connectivity index (χ4v) is 1.74. The van der Waals surface area contributed by atoms with Gasteiger partial charge in [-0.25, -0.2) is 0 Å². The van der Waals surface area contributed by atoms with Crippen LogP contribution < -0.4 is 11.1 Å². The Morgan fingerprint density at radius 2 is 2.21 bits per heavy atom. The summed E-state index contributed by atoms with van der Waals surface area (Å²) >= 11 is 0. The van der Waals surface area contributed by atoms with Gasteiger partial charge in [-0.05, 0) is 24.3 Å². The lowest BCUT2D eigenvalue weighted by molar-refractivity contribution is 0.0920. The molecule has 1 heterocycles. The number of ether oxygens (including phenoxy) is 1. The molecule has 0 atom stereocenters. The molecule has 0 unspecified atom stereocenters. The van der Waals surface area contributed by atoms with Gasteiger partial charge in [-0.15, -0.1) is 0 Å². The summed E-state index contributed by atoms with van der Waals surface area (Å²) < 4.78 is 5.19. The predicted octanol–water partition coefficient (Wildman–Crippen LogP) is 0.940. The number of benzene rings is 1. The van der Waals surface area contributed by atoms with Crippen LogP contribution in [0.15, 0.2) is 36.5 Å². The maximum Gasteiger partial charge on any atom is 0.251 e. The smallest absolute Gasteiger partial charge is 0.251 e. The van der Waals surface area contributed by atoms with Crippen LogP contribution in [-0.4, -0.2) is 37.2 Å². The minimum absolute atomic E-state index is 0.109. The third kappa shape index (κ3) is 3.74. The number of nitrogens with one attached hydrogen (secondary N) is 1. The topological polar surface area (TPSA) is 77.2 Å². The molecule has 5 nitrogen and oxygen atoms in total. The molecule has 0 fully saturated rings. The zero-order valence-electron chi connectivity index (χ0n) is 10.6. The van der Waals surface area contributed by atoms with Crippen LogP contribution >= 0.6 is 0 Å². The van der Waals surface area contributed by atoms with Crippen LogP contribution in [0, 0.1) is 0 Å². The highest BCUT2D eigenvalue weighted by molar-refractivity contribution is 5.97. The Bertz CT molecular complexity index is 557. The Hall–Kier alpha value is -1.98. The van der Waals surface area contributed by atoms with E-state index in [9.17, 15) is 4.79 Å². The third-order valence-electron chi connectivity index (χ3n) is 2.66. The molecule has 0 aliphatic rings. The van der Waals surface area contributed by atoms with Crippen LogP contribution in [-0.2, 0) is 4.74 Å². The van der Waals surface area contributed by atoms with E-state index in [4.69, 9.17) is 10.5 Å². The number of nitrogens with zero attached hydrogens (tertiary/aromatic N) is 1. The van der Waals surface area contributed by atoms with Gasteiger partial charge in [0.2, 0.25) is 0 Å². The minimum atomic E-state index is -0.109. The third-order valence-corrected chi connectivity index (χ3v) is 2.66. The molecular formula is C14H17N3O2. The SMILES string of the molecule is NCCOCCNC(=O)c1ccc2ncccc2c1. The van der Waals surface area contributed by atoms with Crippen LogP contribution in [0.25, 0.3) is 10.9 Å². The molecule has 100 valence electrons. The summed E-state index contributed by atoms with van der Waals surface area (Å²) in [7, 11) is 0.